The van der Waals surface area contributed by atoms with E-state index in [-0.39, 0.29) is 5.12 Å². The third kappa shape index (κ3) is 4.00. The molecule has 1 aliphatic heterocycles. The maximum atomic E-state index is 11.5. The first-order valence-corrected chi connectivity index (χ1v) is 10.1. The molecule has 0 atom stereocenters. The Kier molecular flexibility index (Phi) is 5.12. The van der Waals surface area contributed by atoms with E-state index in [1.807, 2.05) is 45.3 Å². The Morgan fingerprint density at radius 1 is 1.28 bits per heavy atom. The Morgan fingerprint density at radius 3 is 2.60 bits per heavy atom. The van der Waals surface area contributed by atoms with Crippen LogP contribution in [0.3, 0.4) is 0 Å². The molecule has 0 saturated carbocycles. The second-order valence-corrected chi connectivity index (χ2v) is 9.21. The van der Waals surface area contributed by atoms with E-state index in [0.717, 1.165) is 21.3 Å². The van der Waals surface area contributed by atoms with Crippen molar-refractivity contribution < 1.29 is 14.1 Å². The second-order valence-electron chi connectivity index (χ2n) is 7.17. The zero-order valence-corrected chi connectivity index (χ0v) is 16.8. The van der Waals surface area contributed by atoms with Crippen molar-refractivity contribution in [1.82, 2.24) is 4.98 Å². The van der Waals surface area contributed by atoms with Crippen LogP contribution in [0.15, 0.2) is 29.2 Å². The Labute approximate surface area is 157 Å². The lowest BCUT2D eigenvalue weighted by molar-refractivity contribution is -0.109. The molecule has 0 bridgehead atoms. The minimum absolute atomic E-state index is 0.0836. The van der Waals surface area contributed by atoms with Gasteiger partial charge in [-0.2, -0.15) is 0 Å². The van der Waals surface area contributed by atoms with Gasteiger partial charge in [-0.25, -0.2) is 4.98 Å². The number of rotatable bonds is 4. The summed E-state index contributed by atoms with van der Waals surface area (Å²) >= 11 is 2.89. The number of thiazole rings is 1. The van der Waals surface area contributed by atoms with Crippen LogP contribution in [-0.2, 0) is 14.1 Å². The lowest BCUT2D eigenvalue weighted by atomic mass is 9.78. The van der Waals surface area contributed by atoms with Gasteiger partial charge in [-0.1, -0.05) is 23.9 Å². The lowest BCUT2D eigenvalue weighted by Gasteiger charge is -2.32. The Balaban J connectivity index is 1.92. The summed E-state index contributed by atoms with van der Waals surface area (Å²) < 4.78 is 13.5. The van der Waals surface area contributed by atoms with Crippen molar-refractivity contribution in [3.8, 4) is 0 Å². The van der Waals surface area contributed by atoms with Crippen LogP contribution in [0.2, 0.25) is 0 Å². The largest absolute Gasteiger partial charge is 0.491 e. The molecule has 0 unspecified atom stereocenters. The van der Waals surface area contributed by atoms with E-state index in [1.165, 1.54) is 11.8 Å². The summed E-state index contributed by atoms with van der Waals surface area (Å²) in [5.41, 5.74) is 4.06. The van der Waals surface area contributed by atoms with Gasteiger partial charge in [-0.3, -0.25) is 4.79 Å². The molecular formula is C18H22BNO3S2. The lowest BCUT2D eigenvalue weighted by Crippen LogP contribution is -2.41. The number of carbonyl (C=O) groups is 1. The van der Waals surface area contributed by atoms with Gasteiger partial charge < -0.3 is 9.31 Å². The maximum absolute atomic E-state index is 11.5. The summed E-state index contributed by atoms with van der Waals surface area (Å²) in [6.07, 6.45) is 2.07. The van der Waals surface area contributed by atoms with Crippen LogP contribution in [0, 0.1) is 0 Å². The van der Waals surface area contributed by atoms with Crippen LogP contribution in [0.1, 0.15) is 40.2 Å². The smallest absolute Gasteiger partial charge is 0.400 e. The van der Waals surface area contributed by atoms with E-state index in [4.69, 9.17) is 9.31 Å². The third-order valence-corrected chi connectivity index (χ3v) is 6.38. The van der Waals surface area contributed by atoms with Crippen LogP contribution >= 0.6 is 23.1 Å². The molecule has 0 N–H and O–H groups in total. The zero-order valence-electron chi connectivity index (χ0n) is 15.2. The summed E-state index contributed by atoms with van der Waals surface area (Å²) in [6.45, 7) is 9.71. The van der Waals surface area contributed by atoms with Gasteiger partial charge in [0.1, 0.15) is 0 Å². The predicted molar refractivity (Wildman–Crippen MR) is 107 cm³/mol. The number of hydrogen-bond donors (Lipinski definition) is 0. The van der Waals surface area contributed by atoms with Crippen LogP contribution in [0.25, 0.3) is 16.3 Å². The molecular weight excluding hydrogens is 353 g/mol. The summed E-state index contributed by atoms with van der Waals surface area (Å²) in [5.74, 6) is 0.548. The van der Waals surface area contributed by atoms with Crippen LogP contribution in [-0.4, -0.2) is 34.2 Å². The van der Waals surface area contributed by atoms with E-state index < -0.39 is 18.3 Å². The van der Waals surface area contributed by atoms with Crippen molar-refractivity contribution >= 4 is 51.6 Å². The Bertz CT molecular complexity index is 813. The molecule has 1 fully saturated rings. The van der Waals surface area contributed by atoms with Crippen LogP contribution in [0.5, 0.6) is 0 Å². The number of thioether (sulfide) groups is 1. The molecule has 4 nitrogen and oxygen atoms in total. The number of carbonyl (C=O) groups excluding carboxylic acids is 1. The van der Waals surface area contributed by atoms with Gasteiger partial charge in [0.25, 0.3) is 0 Å². The standard InChI is InChI=1S/C18H22BNO3S2/c1-12(21)24-10-14(19-22-17(2,3)18(4,5)23-19)8-13-6-7-15-16(9-13)25-11-20-15/h6-9,11H,10H2,1-5H3. The van der Waals surface area contributed by atoms with E-state index >= 15 is 0 Å². The van der Waals surface area contributed by atoms with Crippen molar-refractivity contribution in [2.75, 3.05) is 5.75 Å². The topological polar surface area (TPSA) is 48.4 Å². The summed E-state index contributed by atoms with van der Waals surface area (Å²) in [4.78, 5) is 15.8. The van der Waals surface area contributed by atoms with E-state index in [9.17, 15) is 4.79 Å². The van der Waals surface area contributed by atoms with Crippen LogP contribution in [0.4, 0.5) is 0 Å². The fourth-order valence-electron chi connectivity index (χ4n) is 2.53. The predicted octanol–water partition coefficient (Wildman–Crippen LogP) is 4.59. The SMILES string of the molecule is CC(=O)SCC(=Cc1ccc2ncsc2c1)B1OC(C)(C)C(C)(C)O1. The molecule has 7 heteroatoms. The normalized spacial score (nSPS) is 19.6. The highest BCUT2D eigenvalue weighted by molar-refractivity contribution is 8.13. The van der Waals surface area contributed by atoms with E-state index in [2.05, 4.69) is 17.1 Å². The molecule has 1 aromatic heterocycles. The first-order valence-electron chi connectivity index (χ1n) is 8.21. The molecule has 0 aliphatic carbocycles. The minimum atomic E-state index is -0.450. The van der Waals surface area contributed by atoms with Crippen molar-refractivity contribution in [1.29, 1.82) is 0 Å². The fourth-order valence-corrected chi connectivity index (χ4v) is 3.85. The highest BCUT2D eigenvalue weighted by atomic mass is 32.2. The summed E-state index contributed by atoms with van der Waals surface area (Å²) in [6, 6.07) is 6.15. The van der Waals surface area contributed by atoms with Gasteiger partial charge >= 0.3 is 7.12 Å². The highest BCUT2D eigenvalue weighted by Crippen LogP contribution is 2.39. The molecule has 25 heavy (non-hydrogen) atoms. The summed E-state index contributed by atoms with van der Waals surface area (Å²) in [5, 5.41) is 0.0836. The molecule has 0 amide bonds. The van der Waals surface area contributed by atoms with Gasteiger partial charge in [-0.15, -0.1) is 11.3 Å². The molecule has 3 rings (SSSR count). The number of hydrogen-bond acceptors (Lipinski definition) is 6. The number of fused-ring (bicyclic) bond motifs is 1. The first kappa shape index (κ1) is 18.6. The number of aromatic nitrogens is 1. The monoisotopic (exact) mass is 375 g/mol. The van der Waals surface area contributed by atoms with Gasteiger partial charge in [0, 0.05) is 12.7 Å². The molecule has 0 radical (unpaired) electrons. The molecule has 1 saturated heterocycles. The maximum Gasteiger partial charge on any atom is 0.491 e. The molecule has 1 aromatic carbocycles. The second kappa shape index (κ2) is 6.87. The average molecular weight is 375 g/mol. The van der Waals surface area contributed by atoms with Crippen molar-refractivity contribution in [2.24, 2.45) is 0 Å². The van der Waals surface area contributed by atoms with Crippen molar-refractivity contribution in [3.63, 3.8) is 0 Å². The van der Waals surface area contributed by atoms with Crippen LogP contribution < -0.4 is 0 Å². The molecule has 2 aromatic rings. The average Bonchev–Trinajstić information content (AvgIpc) is 3.05. The van der Waals surface area contributed by atoms with Gasteiger partial charge in [0.15, 0.2) is 5.12 Å². The van der Waals surface area contributed by atoms with Gasteiger partial charge in [-0.05, 0) is 50.9 Å². The fraction of sp³-hybridized carbons (Fsp3) is 0.444. The third-order valence-electron chi connectivity index (χ3n) is 4.71. The summed E-state index contributed by atoms with van der Waals surface area (Å²) in [7, 11) is -0.450. The van der Waals surface area contributed by atoms with Gasteiger partial charge in [0.2, 0.25) is 0 Å². The minimum Gasteiger partial charge on any atom is -0.400 e. The Hall–Kier alpha value is -1.15. The number of benzene rings is 1. The van der Waals surface area contributed by atoms with E-state index in [1.54, 1.807) is 18.3 Å². The molecule has 0 spiro atoms. The quantitative estimate of drug-likeness (QED) is 0.732. The zero-order chi connectivity index (χ0) is 18.2. The van der Waals surface area contributed by atoms with Crippen molar-refractivity contribution in [2.45, 2.75) is 45.8 Å². The van der Waals surface area contributed by atoms with E-state index in [0.29, 0.717) is 5.75 Å². The van der Waals surface area contributed by atoms with Crippen molar-refractivity contribution in [3.05, 3.63) is 34.7 Å². The molecule has 1 aliphatic rings. The first-order chi connectivity index (χ1) is 11.7. The molecule has 2 heterocycles. The van der Waals surface area contributed by atoms with Gasteiger partial charge in [0.05, 0.1) is 26.9 Å². The Morgan fingerprint density at radius 2 is 1.96 bits per heavy atom. The highest BCUT2D eigenvalue weighted by Gasteiger charge is 2.52. The number of nitrogens with zero attached hydrogens (tertiary/aromatic N) is 1. The molecule has 132 valence electrons.